The Hall–Kier alpha value is -1.10. The van der Waals surface area contributed by atoms with Crippen molar-refractivity contribution in [1.82, 2.24) is 5.32 Å². The molecule has 3 atom stereocenters. The van der Waals surface area contributed by atoms with Crippen molar-refractivity contribution in [3.8, 4) is 0 Å². The average Bonchev–Trinajstić information content (AvgIpc) is 2.81. The van der Waals surface area contributed by atoms with E-state index in [4.69, 9.17) is 10.2 Å². The van der Waals surface area contributed by atoms with Gasteiger partial charge >= 0.3 is 5.97 Å². The Balaban J connectivity index is 2.38. The Kier molecular flexibility index (Phi) is 3.46. The highest BCUT2D eigenvalue weighted by Crippen LogP contribution is 2.37. The van der Waals surface area contributed by atoms with Gasteiger partial charge in [-0.05, 0) is 12.3 Å². The third-order valence-electron chi connectivity index (χ3n) is 2.48. The molecular formula is C9H15NO4. The Bertz CT molecular complexity index is 241. The fourth-order valence-electron chi connectivity index (χ4n) is 1.35. The fraction of sp³-hybridized carbons (Fsp3) is 0.778. The highest BCUT2D eigenvalue weighted by Gasteiger charge is 2.40. The third-order valence-corrected chi connectivity index (χ3v) is 2.48. The van der Waals surface area contributed by atoms with E-state index in [0.29, 0.717) is 5.92 Å². The topological polar surface area (TPSA) is 86.6 Å². The van der Waals surface area contributed by atoms with E-state index >= 15 is 0 Å². The lowest BCUT2D eigenvalue weighted by Gasteiger charge is -2.12. The predicted molar refractivity (Wildman–Crippen MR) is 48.5 cm³/mol. The zero-order chi connectivity index (χ0) is 10.7. The van der Waals surface area contributed by atoms with Crippen LogP contribution in [0.2, 0.25) is 0 Å². The summed E-state index contributed by atoms with van der Waals surface area (Å²) in [4.78, 5) is 22.0. The van der Waals surface area contributed by atoms with Crippen LogP contribution in [0.15, 0.2) is 0 Å². The van der Waals surface area contributed by atoms with Gasteiger partial charge in [0.15, 0.2) is 0 Å². The first-order valence-electron chi connectivity index (χ1n) is 4.70. The Morgan fingerprint density at radius 3 is 2.50 bits per heavy atom. The van der Waals surface area contributed by atoms with Crippen molar-refractivity contribution in [2.75, 3.05) is 6.61 Å². The molecule has 1 saturated carbocycles. The summed E-state index contributed by atoms with van der Waals surface area (Å²) in [6.07, 6.45) is 0.888. The zero-order valence-corrected chi connectivity index (χ0v) is 8.06. The smallest absolute Gasteiger partial charge is 0.326 e. The molecule has 1 fully saturated rings. The van der Waals surface area contributed by atoms with Gasteiger partial charge in [0.05, 0.1) is 0 Å². The molecule has 3 N–H and O–H groups in total. The maximum atomic E-state index is 11.3. The van der Waals surface area contributed by atoms with E-state index in [0.717, 1.165) is 6.42 Å². The van der Waals surface area contributed by atoms with Crippen LogP contribution in [0.5, 0.6) is 0 Å². The van der Waals surface area contributed by atoms with Gasteiger partial charge in [0.2, 0.25) is 5.91 Å². The summed E-state index contributed by atoms with van der Waals surface area (Å²) in [5, 5.41) is 19.7. The largest absolute Gasteiger partial charge is 0.480 e. The molecule has 0 aromatic carbocycles. The van der Waals surface area contributed by atoms with E-state index in [-0.39, 0.29) is 24.9 Å². The normalized spacial score (nSPS) is 26.7. The summed E-state index contributed by atoms with van der Waals surface area (Å²) in [7, 11) is 0. The van der Waals surface area contributed by atoms with Crippen LogP contribution in [0.4, 0.5) is 0 Å². The molecule has 0 heterocycles. The molecule has 1 amide bonds. The molecule has 1 aliphatic carbocycles. The molecule has 1 rings (SSSR count). The molecule has 3 unspecified atom stereocenters. The van der Waals surface area contributed by atoms with Crippen molar-refractivity contribution in [3.63, 3.8) is 0 Å². The molecule has 0 aromatic rings. The van der Waals surface area contributed by atoms with Crippen LogP contribution in [0, 0.1) is 11.8 Å². The number of nitrogens with one attached hydrogen (secondary N) is 1. The van der Waals surface area contributed by atoms with Gasteiger partial charge < -0.3 is 15.5 Å². The van der Waals surface area contributed by atoms with Gasteiger partial charge in [-0.1, -0.05) is 6.92 Å². The molecule has 80 valence electrons. The minimum Gasteiger partial charge on any atom is -0.480 e. The minimum absolute atomic E-state index is 0.0319. The van der Waals surface area contributed by atoms with Crippen LogP contribution in [-0.2, 0) is 9.59 Å². The lowest BCUT2D eigenvalue weighted by molar-refractivity contribution is -0.142. The number of rotatable bonds is 5. The van der Waals surface area contributed by atoms with Gasteiger partial charge in [-0.3, -0.25) is 4.79 Å². The summed E-state index contributed by atoms with van der Waals surface area (Å²) in [6.45, 7) is 1.71. The standard InChI is InChI=1S/C9H15NO4/c1-5-4-6(5)8(12)10-7(2-3-11)9(13)14/h5-7,11H,2-4H2,1H3,(H,10,12)(H,13,14). The maximum absolute atomic E-state index is 11.3. The highest BCUT2D eigenvalue weighted by molar-refractivity contribution is 5.86. The van der Waals surface area contributed by atoms with Crippen LogP contribution in [0.1, 0.15) is 19.8 Å². The molecule has 0 aliphatic heterocycles. The first-order chi connectivity index (χ1) is 6.56. The van der Waals surface area contributed by atoms with Crippen LogP contribution in [0.3, 0.4) is 0 Å². The summed E-state index contributed by atoms with van der Waals surface area (Å²) in [5.41, 5.74) is 0. The van der Waals surface area contributed by atoms with Crippen LogP contribution in [0.25, 0.3) is 0 Å². The molecular weight excluding hydrogens is 186 g/mol. The number of aliphatic carboxylic acids is 1. The van der Waals surface area contributed by atoms with Gasteiger partial charge in [-0.25, -0.2) is 4.79 Å². The van der Waals surface area contributed by atoms with E-state index < -0.39 is 12.0 Å². The number of carboxylic acids is 1. The maximum Gasteiger partial charge on any atom is 0.326 e. The Morgan fingerprint density at radius 2 is 2.14 bits per heavy atom. The second-order valence-electron chi connectivity index (χ2n) is 3.73. The van der Waals surface area contributed by atoms with Crippen LogP contribution in [-0.4, -0.2) is 34.7 Å². The Morgan fingerprint density at radius 1 is 1.57 bits per heavy atom. The van der Waals surface area contributed by atoms with Crippen LogP contribution < -0.4 is 5.32 Å². The summed E-state index contributed by atoms with van der Waals surface area (Å²) >= 11 is 0. The minimum atomic E-state index is -1.10. The van der Waals surface area contributed by atoms with E-state index in [9.17, 15) is 9.59 Å². The van der Waals surface area contributed by atoms with Crippen molar-refractivity contribution < 1.29 is 19.8 Å². The summed E-state index contributed by atoms with van der Waals surface area (Å²) < 4.78 is 0. The van der Waals surface area contributed by atoms with Crippen molar-refractivity contribution in [2.24, 2.45) is 11.8 Å². The Labute approximate surface area is 82.1 Å². The van der Waals surface area contributed by atoms with Gasteiger partial charge in [-0.2, -0.15) is 0 Å². The molecule has 5 nitrogen and oxygen atoms in total. The van der Waals surface area contributed by atoms with E-state index in [1.165, 1.54) is 0 Å². The van der Waals surface area contributed by atoms with Gasteiger partial charge in [0, 0.05) is 18.9 Å². The van der Waals surface area contributed by atoms with Gasteiger partial charge in [-0.15, -0.1) is 0 Å². The molecule has 14 heavy (non-hydrogen) atoms. The molecule has 5 heteroatoms. The monoisotopic (exact) mass is 201 g/mol. The first kappa shape index (κ1) is 11.0. The second kappa shape index (κ2) is 4.41. The lowest BCUT2D eigenvalue weighted by Crippen LogP contribution is -2.42. The van der Waals surface area contributed by atoms with Crippen molar-refractivity contribution >= 4 is 11.9 Å². The average molecular weight is 201 g/mol. The highest BCUT2D eigenvalue weighted by atomic mass is 16.4. The quantitative estimate of drug-likeness (QED) is 0.564. The van der Waals surface area contributed by atoms with Crippen LogP contribution >= 0.6 is 0 Å². The third kappa shape index (κ3) is 2.70. The summed E-state index contributed by atoms with van der Waals surface area (Å²) in [6, 6.07) is -0.958. The van der Waals surface area contributed by atoms with E-state index in [1.54, 1.807) is 0 Å². The second-order valence-corrected chi connectivity index (χ2v) is 3.73. The number of hydrogen-bond donors (Lipinski definition) is 3. The number of carboxylic acid groups (broad SMARTS) is 1. The SMILES string of the molecule is CC1CC1C(=O)NC(CCO)C(=O)O. The first-order valence-corrected chi connectivity index (χ1v) is 4.70. The molecule has 0 radical (unpaired) electrons. The fourth-order valence-corrected chi connectivity index (χ4v) is 1.35. The van der Waals surface area contributed by atoms with Crippen molar-refractivity contribution in [2.45, 2.75) is 25.8 Å². The number of amides is 1. The van der Waals surface area contributed by atoms with E-state index in [1.807, 2.05) is 6.92 Å². The predicted octanol–water partition coefficient (Wildman–Crippen LogP) is -0.406. The zero-order valence-electron chi connectivity index (χ0n) is 8.06. The molecule has 0 aromatic heterocycles. The van der Waals surface area contributed by atoms with Gasteiger partial charge in [0.25, 0.3) is 0 Å². The van der Waals surface area contributed by atoms with Gasteiger partial charge in [0.1, 0.15) is 6.04 Å². The number of aliphatic hydroxyl groups excluding tert-OH is 1. The molecule has 0 bridgehead atoms. The molecule has 1 aliphatic rings. The lowest BCUT2D eigenvalue weighted by atomic mass is 10.2. The summed E-state index contributed by atoms with van der Waals surface area (Å²) in [5.74, 6) is -0.979. The van der Waals surface area contributed by atoms with Crippen molar-refractivity contribution in [1.29, 1.82) is 0 Å². The van der Waals surface area contributed by atoms with E-state index in [2.05, 4.69) is 5.32 Å². The molecule has 0 spiro atoms. The number of carbonyl (C=O) groups is 2. The number of hydrogen-bond acceptors (Lipinski definition) is 3. The molecule has 0 saturated heterocycles. The number of aliphatic hydroxyl groups is 1. The number of carbonyl (C=O) groups excluding carboxylic acids is 1. The van der Waals surface area contributed by atoms with Crippen molar-refractivity contribution in [3.05, 3.63) is 0 Å².